The quantitative estimate of drug-likeness (QED) is 0.842. The van der Waals surface area contributed by atoms with Crippen molar-refractivity contribution in [2.24, 2.45) is 5.92 Å². The SMILES string of the molecule is CC(C)N(Cc1ccc(C#N)cc1)C(=O)C1CCCCC1. The Bertz CT molecular complexity index is 507. The van der Waals surface area contributed by atoms with Crippen molar-refractivity contribution in [3.8, 4) is 6.07 Å². The van der Waals surface area contributed by atoms with Gasteiger partial charge in [0, 0.05) is 18.5 Å². The Hall–Kier alpha value is -1.82. The molecule has 0 unspecified atom stereocenters. The highest BCUT2D eigenvalue weighted by molar-refractivity contribution is 5.79. The molecule has 0 radical (unpaired) electrons. The van der Waals surface area contributed by atoms with Crippen LogP contribution >= 0.6 is 0 Å². The first-order valence-electron chi connectivity index (χ1n) is 7.91. The van der Waals surface area contributed by atoms with Crippen LogP contribution in [0.25, 0.3) is 0 Å². The van der Waals surface area contributed by atoms with Crippen LogP contribution in [0.1, 0.15) is 57.1 Å². The van der Waals surface area contributed by atoms with E-state index in [1.165, 1.54) is 19.3 Å². The van der Waals surface area contributed by atoms with Crippen molar-refractivity contribution in [2.45, 2.75) is 58.5 Å². The smallest absolute Gasteiger partial charge is 0.226 e. The van der Waals surface area contributed by atoms with Crippen LogP contribution in [0.4, 0.5) is 0 Å². The Morgan fingerprint density at radius 3 is 2.38 bits per heavy atom. The van der Waals surface area contributed by atoms with Crippen molar-refractivity contribution in [1.82, 2.24) is 4.90 Å². The number of hydrogen-bond acceptors (Lipinski definition) is 2. The summed E-state index contributed by atoms with van der Waals surface area (Å²) in [4.78, 5) is 14.7. The molecule has 3 heteroatoms. The second kappa shape index (κ2) is 7.26. The molecule has 0 N–H and O–H groups in total. The van der Waals surface area contributed by atoms with Gasteiger partial charge in [0.25, 0.3) is 0 Å². The fourth-order valence-corrected chi connectivity index (χ4v) is 2.98. The number of rotatable bonds is 4. The molecule has 21 heavy (non-hydrogen) atoms. The average molecular weight is 284 g/mol. The Morgan fingerprint density at radius 2 is 1.86 bits per heavy atom. The highest BCUT2D eigenvalue weighted by Gasteiger charge is 2.27. The van der Waals surface area contributed by atoms with Crippen LogP contribution < -0.4 is 0 Å². The number of nitrogens with zero attached hydrogens (tertiary/aromatic N) is 2. The molecular weight excluding hydrogens is 260 g/mol. The molecule has 1 aliphatic carbocycles. The van der Waals surface area contributed by atoms with E-state index in [4.69, 9.17) is 5.26 Å². The molecule has 1 aliphatic rings. The highest BCUT2D eigenvalue weighted by Crippen LogP contribution is 2.26. The van der Waals surface area contributed by atoms with Crippen LogP contribution in [0.5, 0.6) is 0 Å². The monoisotopic (exact) mass is 284 g/mol. The molecule has 112 valence electrons. The van der Waals surface area contributed by atoms with Crippen molar-refractivity contribution in [1.29, 1.82) is 5.26 Å². The van der Waals surface area contributed by atoms with E-state index < -0.39 is 0 Å². The maximum Gasteiger partial charge on any atom is 0.226 e. The molecule has 0 aromatic heterocycles. The zero-order valence-electron chi connectivity index (χ0n) is 13.0. The van der Waals surface area contributed by atoms with Crippen molar-refractivity contribution in [3.63, 3.8) is 0 Å². The van der Waals surface area contributed by atoms with Gasteiger partial charge < -0.3 is 4.90 Å². The number of carbonyl (C=O) groups is 1. The van der Waals surface area contributed by atoms with Crippen molar-refractivity contribution in [2.75, 3.05) is 0 Å². The Morgan fingerprint density at radius 1 is 1.24 bits per heavy atom. The van der Waals surface area contributed by atoms with Gasteiger partial charge in [-0.05, 0) is 44.4 Å². The van der Waals surface area contributed by atoms with Gasteiger partial charge in [-0.25, -0.2) is 0 Å². The van der Waals surface area contributed by atoms with Crippen LogP contribution in [-0.2, 0) is 11.3 Å². The molecule has 1 amide bonds. The summed E-state index contributed by atoms with van der Waals surface area (Å²) in [6, 6.07) is 9.86. The molecule has 1 aromatic rings. The minimum Gasteiger partial charge on any atom is -0.336 e. The van der Waals surface area contributed by atoms with Gasteiger partial charge in [-0.15, -0.1) is 0 Å². The van der Waals surface area contributed by atoms with E-state index in [0.717, 1.165) is 18.4 Å². The third kappa shape index (κ3) is 4.07. The average Bonchev–Trinajstić information content (AvgIpc) is 2.53. The standard InChI is InChI=1S/C18H24N2O/c1-14(2)20(18(21)17-6-4-3-5-7-17)13-16-10-8-15(12-19)9-11-16/h8-11,14,17H,3-7,13H2,1-2H3. The van der Waals surface area contributed by atoms with Crippen LogP contribution in [0.15, 0.2) is 24.3 Å². The number of amides is 1. The molecule has 1 aromatic carbocycles. The lowest BCUT2D eigenvalue weighted by Crippen LogP contribution is -2.41. The van der Waals surface area contributed by atoms with Gasteiger partial charge in [-0.1, -0.05) is 31.4 Å². The summed E-state index contributed by atoms with van der Waals surface area (Å²) in [6.07, 6.45) is 5.70. The van der Waals surface area contributed by atoms with Crippen LogP contribution in [0, 0.1) is 17.2 Å². The Labute approximate surface area is 127 Å². The minimum atomic E-state index is 0.204. The number of benzene rings is 1. The molecule has 1 saturated carbocycles. The fraction of sp³-hybridized carbons (Fsp3) is 0.556. The molecule has 2 rings (SSSR count). The van der Waals surface area contributed by atoms with Crippen LogP contribution in [0.3, 0.4) is 0 Å². The van der Waals surface area contributed by atoms with Crippen LogP contribution in [-0.4, -0.2) is 16.8 Å². The van der Waals surface area contributed by atoms with E-state index in [1.54, 1.807) is 0 Å². The summed E-state index contributed by atoms with van der Waals surface area (Å²) in [5, 5.41) is 8.84. The lowest BCUT2D eigenvalue weighted by molar-refractivity contribution is -0.139. The summed E-state index contributed by atoms with van der Waals surface area (Å²) in [7, 11) is 0. The van der Waals surface area contributed by atoms with Gasteiger partial charge in [-0.2, -0.15) is 5.26 Å². The zero-order valence-corrected chi connectivity index (χ0v) is 13.0. The molecule has 0 atom stereocenters. The maximum absolute atomic E-state index is 12.7. The molecule has 1 fully saturated rings. The van der Waals surface area contributed by atoms with E-state index in [-0.39, 0.29) is 12.0 Å². The van der Waals surface area contributed by atoms with E-state index in [2.05, 4.69) is 19.9 Å². The van der Waals surface area contributed by atoms with E-state index in [9.17, 15) is 4.79 Å². The summed E-state index contributed by atoms with van der Waals surface area (Å²) in [6.45, 7) is 4.79. The lowest BCUT2D eigenvalue weighted by atomic mass is 9.88. The van der Waals surface area contributed by atoms with E-state index in [1.807, 2.05) is 29.2 Å². The van der Waals surface area contributed by atoms with Gasteiger partial charge in [-0.3, -0.25) is 4.79 Å². The lowest BCUT2D eigenvalue weighted by Gasteiger charge is -2.32. The largest absolute Gasteiger partial charge is 0.336 e. The third-order valence-corrected chi connectivity index (χ3v) is 4.30. The molecule has 0 heterocycles. The Balaban J connectivity index is 2.07. The molecule has 0 saturated heterocycles. The first-order chi connectivity index (χ1) is 10.1. The van der Waals surface area contributed by atoms with Gasteiger partial charge in [0.15, 0.2) is 0 Å². The number of carbonyl (C=O) groups excluding carboxylic acids is 1. The van der Waals surface area contributed by atoms with Crippen molar-refractivity contribution < 1.29 is 4.79 Å². The number of hydrogen-bond donors (Lipinski definition) is 0. The van der Waals surface area contributed by atoms with Crippen molar-refractivity contribution >= 4 is 5.91 Å². The summed E-state index contributed by atoms with van der Waals surface area (Å²) >= 11 is 0. The zero-order chi connectivity index (χ0) is 15.2. The molecular formula is C18H24N2O. The maximum atomic E-state index is 12.7. The highest BCUT2D eigenvalue weighted by atomic mass is 16.2. The minimum absolute atomic E-state index is 0.204. The predicted molar refractivity (Wildman–Crippen MR) is 83.4 cm³/mol. The van der Waals surface area contributed by atoms with Gasteiger partial charge in [0.2, 0.25) is 5.91 Å². The van der Waals surface area contributed by atoms with E-state index >= 15 is 0 Å². The topological polar surface area (TPSA) is 44.1 Å². The second-order valence-corrected chi connectivity index (χ2v) is 6.20. The fourth-order valence-electron chi connectivity index (χ4n) is 2.98. The summed E-state index contributed by atoms with van der Waals surface area (Å²) < 4.78 is 0. The Kier molecular flexibility index (Phi) is 5.38. The third-order valence-electron chi connectivity index (χ3n) is 4.30. The number of nitriles is 1. The summed E-state index contributed by atoms with van der Waals surface area (Å²) in [5.41, 5.74) is 1.75. The van der Waals surface area contributed by atoms with E-state index in [0.29, 0.717) is 18.0 Å². The van der Waals surface area contributed by atoms with Gasteiger partial charge >= 0.3 is 0 Å². The molecule has 0 aliphatic heterocycles. The first kappa shape index (κ1) is 15.6. The summed E-state index contributed by atoms with van der Waals surface area (Å²) in [5.74, 6) is 0.508. The second-order valence-electron chi connectivity index (χ2n) is 6.20. The van der Waals surface area contributed by atoms with Crippen molar-refractivity contribution in [3.05, 3.63) is 35.4 Å². The van der Waals surface area contributed by atoms with Crippen LogP contribution in [0.2, 0.25) is 0 Å². The first-order valence-corrected chi connectivity index (χ1v) is 7.91. The van der Waals surface area contributed by atoms with Gasteiger partial charge in [0.1, 0.15) is 0 Å². The normalized spacial score (nSPS) is 15.7. The molecule has 0 spiro atoms. The molecule has 3 nitrogen and oxygen atoms in total. The molecule has 0 bridgehead atoms. The predicted octanol–water partition coefficient (Wildman–Crippen LogP) is 3.88. The van der Waals surface area contributed by atoms with Gasteiger partial charge in [0.05, 0.1) is 11.6 Å².